The molecule has 25 heavy (non-hydrogen) atoms. The number of fused-ring (bicyclic) bond motifs is 1. The van der Waals surface area contributed by atoms with E-state index in [1.807, 2.05) is 0 Å². The smallest absolute Gasteiger partial charge is 0.257 e. The third-order valence-corrected chi connectivity index (χ3v) is 3.68. The van der Waals surface area contributed by atoms with E-state index in [-0.39, 0.29) is 11.4 Å². The van der Waals surface area contributed by atoms with Gasteiger partial charge in [-0.05, 0) is 48.5 Å². The van der Waals surface area contributed by atoms with Crippen molar-refractivity contribution >= 4 is 22.7 Å². The first-order valence-corrected chi connectivity index (χ1v) is 7.57. The molecule has 2 aromatic heterocycles. The van der Waals surface area contributed by atoms with Crippen molar-refractivity contribution < 1.29 is 13.6 Å². The van der Waals surface area contributed by atoms with Crippen LogP contribution in [0.1, 0.15) is 10.4 Å². The monoisotopic (exact) mass is 333 g/mol. The van der Waals surface area contributed by atoms with Crippen LogP contribution in [0.2, 0.25) is 0 Å². The highest BCUT2D eigenvalue weighted by atomic mass is 19.1. The molecule has 4 rings (SSSR count). The Morgan fingerprint density at radius 1 is 1.04 bits per heavy atom. The largest absolute Gasteiger partial charge is 0.436 e. The third kappa shape index (κ3) is 2.97. The molecule has 0 bridgehead atoms. The molecule has 0 aliphatic heterocycles. The number of nitrogens with one attached hydrogen (secondary N) is 1. The van der Waals surface area contributed by atoms with E-state index in [0.29, 0.717) is 28.3 Å². The summed E-state index contributed by atoms with van der Waals surface area (Å²) in [6, 6.07) is 14.9. The minimum Gasteiger partial charge on any atom is -0.436 e. The van der Waals surface area contributed by atoms with Crippen LogP contribution < -0.4 is 5.32 Å². The van der Waals surface area contributed by atoms with Gasteiger partial charge in [-0.2, -0.15) is 0 Å². The molecule has 4 aromatic rings. The van der Waals surface area contributed by atoms with Crippen LogP contribution in [-0.4, -0.2) is 15.9 Å². The summed E-state index contributed by atoms with van der Waals surface area (Å²) in [7, 11) is 0. The zero-order valence-corrected chi connectivity index (χ0v) is 12.9. The van der Waals surface area contributed by atoms with Gasteiger partial charge in [-0.15, -0.1) is 0 Å². The molecule has 0 radical (unpaired) electrons. The fourth-order valence-corrected chi connectivity index (χ4v) is 2.43. The average molecular weight is 333 g/mol. The minimum atomic E-state index is -0.423. The summed E-state index contributed by atoms with van der Waals surface area (Å²) in [4.78, 5) is 20.2. The number of para-hydroxylation sites is 1. The van der Waals surface area contributed by atoms with E-state index in [2.05, 4.69) is 15.3 Å². The summed E-state index contributed by atoms with van der Waals surface area (Å²) in [6.45, 7) is 0. The first-order chi connectivity index (χ1) is 12.2. The second-order valence-electron chi connectivity index (χ2n) is 5.38. The fourth-order valence-electron chi connectivity index (χ4n) is 2.43. The van der Waals surface area contributed by atoms with Gasteiger partial charge in [0.15, 0.2) is 11.4 Å². The maximum absolute atomic E-state index is 13.7. The van der Waals surface area contributed by atoms with Crippen molar-refractivity contribution in [2.45, 2.75) is 0 Å². The number of amides is 1. The Hall–Kier alpha value is -3.54. The highest BCUT2D eigenvalue weighted by Gasteiger charge is 2.12. The van der Waals surface area contributed by atoms with Crippen LogP contribution in [0.3, 0.4) is 0 Å². The average Bonchev–Trinajstić information content (AvgIpc) is 3.09. The lowest BCUT2D eigenvalue weighted by Crippen LogP contribution is -2.11. The maximum atomic E-state index is 13.7. The van der Waals surface area contributed by atoms with Crippen LogP contribution in [0.25, 0.3) is 22.6 Å². The van der Waals surface area contributed by atoms with Crippen molar-refractivity contribution in [3.05, 3.63) is 78.4 Å². The van der Waals surface area contributed by atoms with Crippen molar-refractivity contribution in [3.8, 4) is 11.5 Å². The van der Waals surface area contributed by atoms with Gasteiger partial charge >= 0.3 is 0 Å². The van der Waals surface area contributed by atoms with Gasteiger partial charge in [-0.3, -0.25) is 9.78 Å². The van der Waals surface area contributed by atoms with Crippen molar-refractivity contribution in [2.75, 3.05) is 5.32 Å². The van der Waals surface area contributed by atoms with E-state index in [4.69, 9.17) is 4.42 Å². The second-order valence-corrected chi connectivity index (χ2v) is 5.38. The number of oxazole rings is 1. The molecule has 2 heterocycles. The summed E-state index contributed by atoms with van der Waals surface area (Å²) in [5.74, 6) is -0.345. The van der Waals surface area contributed by atoms with Crippen LogP contribution in [0.15, 0.2) is 71.4 Å². The number of pyridine rings is 1. The van der Waals surface area contributed by atoms with Crippen LogP contribution in [0, 0.1) is 5.82 Å². The zero-order valence-electron chi connectivity index (χ0n) is 12.9. The first kappa shape index (κ1) is 15.0. The van der Waals surface area contributed by atoms with Gasteiger partial charge in [0, 0.05) is 23.6 Å². The lowest BCUT2D eigenvalue weighted by atomic mass is 10.2. The van der Waals surface area contributed by atoms with E-state index < -0.39 is 5.82 Å². The Labute approximate surface area is 142 Å². The van der Waals surface area contributed by atoms with Crippen molar-refractivity contribution in [2.24, 2.45) is 0 Å². The number of anilines is 1. The highest BCUT2D eigenvalue weighted by molar-refractivity contribution is 6.04. The molecule has 0 fully saturated rings. The molecule has 6 heteroatoms. The predicted octanol–water partition coefficient (Wildman–Crippen LogP) is 4.28. The van der Waals surface area contributed by atoms with Crippen LogP contribution >= 0.6 is 0 Å². The van der Waals surface area contributed by atoms with Gasteiger partial charge in [0.25, 0.3) is 5.91 Å². The van der Waals surface area contributed by atoms with Crippen molar-refractivity contribution in [3.63, 3.8) is 0 Å². The summed E-state index contributed by atoms with van der Waals surface area (Å²) < 4.78 is 19.3. The van der Waals surface area contributed by atoms with E-state index in [0.717, 1.165) is 0 Å². The number of hydrogen-bond donors (Lipinski definition) is 1. The molecule has 1 N–H and O–H groups in total. The van der Waals surface area contributed by atoms with Crippen LogP contribution in [0.4, 0.5) is 10.1 Å². The zero-order chi connectivity index (χ0) is 17.2. The molecule has 0 saturated carbocycles. The van der Waals surface area contributed by atoms with E-state index in [1.165, 1.54) is 12.3 Å². The number of nitrogens with zero attached hydrogens (tertiary/aromatic N) is 2. The standard InChI is InChI=1S/C19H12FN3O2/c20-15-4-1-5-16-17(15)23-19(25-16)12-6-8-14(9-7-12)22-18(24)13-3-2-10-21-11-13/h1-11H,(H,22,24). The predicted molar refractivity (Wildman–Crippen MR) is 91.6 cm³/mol. The molecular formula is C19H12FN3O2. The van der Waals surface area contributed by atoms with Gasteiger partial charge in [0.2, 0.25) is 5.89 Å². The van der Waals surface area contributed by atoms with Crippen LogP contribution in [0.5, 0.6) is 0 Å². The number of rotatable bonds is 3. The van der Waals surface area contributed by atoms with Gasteiger partial charge < -0.3 is 9.73 Å². The number of benzene rings is 2. The van der Waals surface area contributed by atoms with E-state index in [1.54, 1.807) is 54.7 Å². The Balaban J connectivity index is 1.57. The van der Waals surface area contributed by atoms with Gasteiger partial charge in [-0.25, -0.2) is 9.37 Å². The number of halogens is 1. The molecule has 122 valence electrons. The van der Waals surface area contributed by atoms with E-state index in [9.17, 15) is 9.18 Å². The molecule has 2 aromatic carbocycles. The molecule has 1 amide bonds. The van der Waals surface area contributed by atoms with Crippen molar-refractivity contribution in [1.82, 2.24) is 9.97 Å². The first-order valence-electron chi connectivity index (χ1n) is 7.57. The summed E-state index contributed by atoms with van der Waals surface area (Å²) in [6.07, 6.45) is 3.10. The minimum absolute atomic E-state index is 0.200. The van der Waals surface area contributed by atoms with Gasteiger partial charge in [0.1, 0.15) is 5.52 Å². The maximum Gasteiger partial charge on any atom is 0.257 e. The van der Waals surface area contributed by atoms with Crippen molar-refractivity contribution in [1.29, 1.82) is 0 Å². The lowest BCUT2D eigenvalue weighted by Gasteiger charge is -2.05. The number of carbonyl (C=O) groups excluding carboxylic acids is 1. The molecule has 0 aliphatic carbocycles. The fraction of sp³-hybridized carbons (Fsp3) is 0. The molecule has 0 saturated heterocycles. The highest BCUT2D eigenvalue weighted by Crippen LogP contribution is 2.26. The van der Waals surface area contributed by atoms with Crippen LogP contribution in [-0.2, 0) is 0 Å². The topological polar surface area (TPSA) is 68.0 Å². The van der Waals surface area contributed by atoms with Gasteiger partial charge in [0.05, 0.1) is 5.56 Å². The molecule has 0 spiro atoms. The molecule has 0 unspecified atom stereocenters. The Kier molecular flexibility index (Phi) is 3.70. The SMILES string of the molecule is O=C(Nc1ccc(-c2nc3c(F)cccc3o2)cc1)c1cccnc1. The third-order valence-electron chi connectivity index (χ3n) is 3.68. The van der Waals surface area contributed by atoms with E-state index >= 15 is 0 Å². The summed E-state index contributed by atoms with van der Waals surface area (Å²) in [5.41, 5.74) is 2.38. The number of carbonyl (C=O) groups is 1. The Morgan fingerprint density at radius 2 is 1.88 bits per heavy atom. The summed E-state index contributed by atoms with van der Waals surface area (Å²) in [5, 5.41) is 2.78. The quantitative estimate of drug-likeness (QED) is 0.607. The second kappa shape index (κ2) is 6.16. The lowest BCUT2D eigenvalue weighted by molar-refractivity contribution is 0.102. The molecule has 0 aliphatic rings. The van der Waals surface area contributed by atoms with Gasteiger partial charge in [-0.1, -0.05) is 6.07 Å². The number of aromatic nitrogens is 2. The Bertz CT molecular complexity index is 1040. The molecule has 0 atom stereocenters. The molecular weight excluding hydrogens is 321 g/mol. The summed E-state index contributed by atoms with van der Waals surface area (Å²) >= 11 is 0. The normalized spacial score (nSPS) is 10.8. The Morgan fingerprint density at radius 3 is 2.60 bits per heavy atom. The number of hydrogen-bond acceptors (Lipinski definition) is 4. The molecule has 5 nitrogen and oxygen atoms in total.